The number of rotatable bonds is 6. The SMILES string of the molecule is COC(=O)CCCC(=O)N1CCn2nc(-c3ccccc3)nc2[C@@H]1C(C)C.O=CO. The van der Waals surface area contributed by atoms with Gasteiger partial charge in [0.25, 0.3) is 6.47 Å². The van der Waals surface area contributed by atoms with E-state index in [0.717, 1.165) is 11.4 Å². The molecule has 0 saturated heterocycles. The monoisotopic (exact) mass is 416 g/mol. The van der Waals surface area contributed by atoms with Gasteiger partial charge in [-0.05, 0) is 12.3 Å². The predicted octanol–water partition coefficient (Wildman–Crippen LogP) is 2.53. The molecule has 1 N–H and O–H groups in total. The van der Waals surface area contributed by atoms with Crippen molar-refractivity contribution < 1.29 is 24.2 Å². The van der Waals surface area contributed by atoms with Crippen molar-refractivity contribution in [1.29, 1.82) is 0 Å². The average Bonchev–Trinajstić information content (AvgIpc) is 3.18. The lowest BCUT2D eigenvalue weighted by molar-refractivity contribution is -0.141. The van der Waals surface area contributed by atoms with E-state index in [1.54, 1.807) is 0 Å². The molecule has 1 aromatic heterocycles. The molecule has 162 valence electrons. The molecule has 0 unspecified atom stereocenters. The number of hydrogen-bond donors (Lipinski definition) is 1. The van der Waals surface area contributed by atoms with Gasteiger partial charge in [0.1, 0.15) is 0 Å². The maximum Gasteiger partial charge on any atom is 0.305 e. The lowest BCUT2D eigenvalue weighted by Gasteiger charge is -2.37. The molecule has 1 aromatic carbocycles. The minimum atomic E-state index is -0.283. The number of esters is 1. The number of ether oxygens (including phenoxy) is 1. The highest BCUT2D eigenvalue weighted by molar-refractivity contribution is 5.77. The molecule has 0 saturated carbocycles. The molecule has 1 aliphatic heterocycles. The highest BCUT2D eigenvalue weighted by Gasteiger charge is 2.35. The first-order valence-corrected chi connectivity index (χ1v) is 9.87. The van der Waals surface area contributed by atoms with Crippen molar-refractivity contribution in [2.45, 2.75) is 45.7 Å². The molecule has 9 nitrogen and oxygen atoms in total. The van der Waals surface area contributed by atoms with Gasteiger partial charge in [0.05, 0.1) is 19.7 Å². The van der Waals surface area contributed by atoms with Crippen molar-refractivity contribution >= 4 is 18.3 Å². The summed E-state index contributed by atoms with van der Waals surface area (Å²) in [6.45, 7) is 5.16. The zero-order valence-electron chi connectivity index (χ0n) is 17.5. The molecule has 2 aromatic rings. The Morgan fingerprint density at radius 3 is 2.50 bits per heavy atom. The summed E-state index contributed by atoms with van der Waals surface area (Å²) >= 11 is 0. The molecule has 1 aliphatic rings. The maximum absolute atomic E-state index is 12.8. The molecule has 0 aliphatic carbocycles. The van der Waals surface area contributed by atoms with Crippen LogP contribution in [-0.2, 0) is 25.7 Å². The van der Waals surface area contributed by atoms with Crippen LogP contribution in [0.2, 0.25) is 0 Å². The Morgan fingerprint density at radius 2 is 1.90 bits per heavy atom. The van der Waals surface area contributed by atoms with Gasteiger partial charge < -0.3 is 14.7 Å². The number of aromatic nitrogens is 3. The molecule has 0 fully saturated rings. The number of amides is 1. The Labute approximate surface area is 175 Å². The number of methoxy groups -OCH3 is 1. The summed E-state index contributed by atoms with van der Waals surface area (Å²) in [4.78, 5) is 39.1. The van der Waals surface area contributed by atoms with Gasteiger partial charge in [-0.2, -0.15) is 5.10 Å². The summed E-state index contributed by atoms with van der Waals surface area (Å²) in [6, 6.07) is 9.75. The van der Waals surface area contributed by atoms with Crippen molar-refractivity contribution in [3.8, 4) is 11.4 Å². The largest absolute Gasteiger partial charge is 0.483 e. The van der Waals surface area contributed by atoms with Crippen molar-refractivity contribution in [3.05, 3.63) is 36.2 Å². The average molecular weight is 416 g/mol. The van der Waals surface area contributed by atoms with Crippen LogP contribution in [0.3, 0.4) is 0 Å². The van der Waals surface area contributed by atoms with Gasteiger partial charge in [-0.15, -0.1) is 0 Å². The summed E-state index contributed by atoms with van der Waals surface area (Å²) in [5.74, 6) is 1.50. The molecule has 9 heteroatoms. The van der Waals surface area contributed by atoms with E-state index in [1.807, 2.05) is 39.9 Å². The lowest BCUT2D eigenvalue weighted by Crippen LogP contribution is -2.44. The molecule has 3 rings (SSSR count). The molecule has 1 amide bonds. The predicted molar refractivity (Wildman–Crippen MR) is 109 cm³/mol. The van der Waals surface area contributed by atoms with E-state index in [1.165, 1.54) is 7.11 Å². The number of nitrogens with zero attached hydrogens (tertiary/aromatic N) is 4. The number of fused-ring (bicyclic) bond motifs is 1. The second-order valence-corrected chi connectivity index (χ2v) is 7.19. The van der Waals surface area contributed by atoms with Crippen LogP contribution in [0.25, 0.3) is 11.4 Å². The van der Waals surface area contributed by atoms with Gasteiger partial charge in [0.15, 0.2) is 11.6 Å². The molecule has 0 bridgehead atoms. The third-order valence-corrected chi connectivity index (χ3v) is 4.84. The Bertz CT molecular complexity index is 850. The van der Waals surface area contributed by atoms with Crippen LogP contribution in [0.1, 0.15) is 45.0 Å². The van der Waals surface area contributed by atoms with Gasteiger partial charge >= 0.3 is 5.97 Å². The minimum Gasteiger partial charge on any atom is -0.483 e. The van der Waals surface area contributed by atoms with Crippen molar-refractivity contribution in [2.24, 2.45) is 5.92 Å². The van der Waals surface area contributed by atoms with E-state index in [4.69, 9.17) is 14.9 Å². The molecule has 30 heavy (non-hydrogen) atoms. The van der Waals surface area contributed by atoms with E-state index in [-0.39, 0.29) is 36.7 Å². The Balaban J connectivity index is 0.00000101. The second-order valence-electron chi connectivity index (χ2n) is 7.19. The van der Waals surface area contributed by atoms with Crippen molar-refractivity contribution in [2.75, 3.05) is 13.7 Å². The van der Waals surface area contributed by atoms with Crippen LogP contribution in [-0.4, -0.2) is 56.8 Å². The van der Waals surface area contributed by atoms with E-state index in [0.29, 0.717) is 31.8 Å². The number of carboxylic acid groups (broad SMARTS) is 1. The van der Waals surface area contributed by atoms with Gasteiger partial charge in [0, 0.05) is 24.9 Å². The van der Waals surface area contributed by atoms with Crippen LogP contribution in [0.5, 0.6) is 0 Å². The highest BCUT2D eigenvalue weighted by atomic mass is 16.5. The van der Waals surface area contributed by atoms with Gasteiger partial charge in [-0.25, -0.2) is 9.67 Å². The third-order valence-electron chi connectivity index (χ3n) is 4.84. The number of carbonyl (C=O) groups is 3. The van der Waals surface area contributed by atoms with E-state index in [2.05, 4.69) is 23.7 Å². The summed E-state index contributed by atoms with van der Waals surface area (Å²) in [5, 5.41) is 11.5. The van der Waals surface area contributed by atoms with Crippen LogP contribution in [0, 0.1) is 5.92 Å². The fourth-order valence-corrected chi connectivity index (χ4v) is 3.50. The molecular formula is C21H28N4O5. The zero-order chi connectivity index (χ0) is 22.1. The van der Waals surface area contributed by atoms with Crippen LogP contribution in [0.15, 0.2) is 30.3 Å². The quantitative estimate of drug-likeness (QED) is 0.568. The van der Waals surface area contributed by atoms with Gasteiger partial charge in [-0.1, -0.05) is 44.2 Å². The normalized spacial score (nSPS) is 15.1. The fraction of sp³-hybridized carbons (Fsp3) is 0.476. The summed E-state index contributed by atoms with van der Waals surface area (Å²) < 4.78 is 6.56. The number of benzene rings is 1. The van der Waals surface area contributed by atoms with Crippen molar-refractivity contribution in [1.82, 2.24) is 19.7 Å². The molecule has 0 spiro atoms. The first kappa shape index (κ1) is 23.1. The Kier molecular flexibility index (Phi) is 8.52. The van der Waals surface area contributed by atoms with Crippen LogP contribution >= 0.6 is 0 Å². The molecule has 0 radical (unpaired) electrons. The van der Waals surface area contributed by atoms with Gasteiger partial charge in [0.2, 0.25) is 5.91 Å². The summed E-state index contributed by atoms with van der Waals surface area (Å²) in [7, 11) is 1.36. The van der Waals surface area contributed by atoms with E-state index < -0.39 is 0 Å². The lowest BCUT2D eigenvalue weighted by atomic mass is 9.99. The van der Waals surface area contributed by atoms with Crippen LogP contribution in [0.4, 0.5) is 0 Å². The van der Waals surface area contributed by atoms with Crippen LogP contribution < -0.4 is 0 Å². The van der Waals surface area contributed by atoms with E-state index >= 15 is 0 Å². The molecule has 1 atom stereocenters. The Morgan fingerprint density at radius 1 is 1.23 bits per heavy atom. The first-order chi connectivity index (χ1) is 14.4. The second kappa shape index (κ2) is 11.1. The molecule has 2 heterocycles. The fourth-order valence-electron chi connectivity index (χ4n) is 3.50. The minimum absolute atomic E-state index is 0.0492. The van der Waals surface area contributed by atoms with E-state index in [9.17, 15) is 9.59 Å². The van der Waals surface area contributed by atoms with Crippen molar-refractivity contribution in [3.63, 3.8) is 0 Å². The first-order valence-electron chi connectivity index (χ1n) is 9.87. The Hall–Kier alpha value is -3.23. The summed E-state index contributed by atoms with van der Waals surface area (Å²) in [6.07, 6.45) is 1.09. The third kappa shape index (κ3) is 5.65. The molecular weight excluding hydrogens is 388 g/mol. The maximum atomic E-state index is 12.8. The topological polar surface area (TPSA) is 115 Å². The smallest absolute Gasteiger partial charge is 0.305 e. The standard InChI is InChI=1S/C20H26N4O3.CH2O2/c1-14(2)18-20-21-19(15-8-5-4-6-9-15)22-24(20)13-12-23(18)16(25)10-7-11-17(26)27-3;2-1-3/h4-6,8-9,14,18H,7,10-13H2,1-3H3;1H,(H,2,3)/t18-;/m0./s1. The number of carbonyl (C=O) groups excluding carboxylic acids is 2. The highest BCUT2D eigenvalue weighted by Crippen LogP contribution is 2.32. The summed E-state index contributed by atoms with van der Waals surface area (Å²) in [5.41, 5.74) is 0.970. The van der Waals surface area contributed by atoms with Gasteiger partial charge in [-0.3, -0.25) is 14.4 Å². The number of hydrogen-bond acceptors (Lipinski definition) is 6. The zero-order valence-corrected chi connectivity index (χ0v) is 17.5.